The lowest BCUT2D eigenvalue weighted by molar-refractivity contribution is 1.08. The van der Waals surface area contributed by atoms with E-state index >= 15 is 0 Å². The molecular weight excluding hydrogens is 438 g/mol. The van der Waals surface area contributed by atoms with Crippen molar-refractivity contribution in [2.75, 3.05) is 0 Å². The Labute approximate surface area is 208 Å². The predicted molar refractivity (Wildman–Crippen MR) is 149 cm³/mol. The van der Waals surface area contributed by atoms with E-state index < -0.39 is 0 Å². The summed E-state index contributed by atoms with van der Waals surface area (Å²) >= 11 is 0. The normalized spacial score (nSPS) is 11.3. The molecule has 0 unspecified atom stereocenters. The molecule has 1 heterocycles. The van der Waals surface area contributed by atoms with Crippen molar-refractivity contribution in [1.82, 2.24) is 15.0 Å². The first-order valence-corrected chi connectivity index (χ1v) is 12.0. The zero-order chi connectivity index (χ0) is 23.9. The molecular formula is C33H21N3. The van der Waals surface area contributed by atoms with Crippen molar-refractivity contribution in [3.63, 3.8) is 0 Å². The standard InChI is InChI=1S/C33H21N3/c1-2-10-25(11-3-1)31-34-32(27-18-14-22-8-4-5-12-26(22)20-27)36-33(35-31)28-19-17-24-16-15-23-9-6-7-13-29(23)30(24)21-28/h1-21H. The SMILES string of the molecule is c1ccc(-c2nc(-c3ccc4ccccc4c3)nc(-c3ccc4ccc5ccccc5c4c3)n2)cc1. The second-order valence-electron chi connectivity index (χ2n) is 8.96. The summed E-state index contributed by atoms with van der Waals surface area (Å²) in [7, 11) is 0. The Kier molecular flexibility index (Phi) is 4.78. The molecule has 0 aliphatic rings. The van der Waals surface area contributed by atoms with Crippen molar-refractivity contribution in [1.29, 1.82) is 0 Å². The lowest BCUT2D eigenvalue weighted by Gasteiger charge is -2.10. The van der Waals surface area contributed by atoms with Gasteiger partial charge in [0.15, 0.2) is 17.5 Å². The van der Waals surface area contributed by atoms with Gasteiger partial charge in [-0.1, -0.05) is 115 Å². The number of hydrogen-bond donors (Lipinski definition) is 0. The Balaban J connectivity index is 1.46. The molecule has 0 fully saturated rings. The molecule has 0 saturated carbocycles. The number of fused-ring (bicyclic) bond motifs is 4. The molecule has 0 aliphatic heterocycles. The maximum Gasteiger partial charge on any atom is 0.164 e. The Morgan fingerprint density at radius 1 is 0.306 bits per heavy atom. The number of benzene rings is 6. The third-order valence-corrected chi connectivity index (χ3v) is 6.68. The van der Waals surface area contributed by atoms with E-state index in [0.29, 0.717) is 17.5 Å². The Morgan fingerprint density at radius 3 is 1.56 bits per heavy atom. The highest BCUT2D eigenvalue weighted by molar-refractivity contribution is 6.08. The summed E-state index contributed by atoms with van der Waals surface area (Å²) in [5, 5.41) is 7.20. The lowest BCUT2D eigenvalue weighted by Crippen LogP contribution is -2.00. The van der Waals surface area contributed by atoms with Crippen LogP contribution >= 0.6 is 0 Å². The summed E-state index contributed by atoms with van der Waals surface area (Å²) < 4.78 is 0. The van der Waals surface area contributed by atoms with Gasteiger partial charge in [-0.2, -0.15) is 0 Å². The second-order valence-corrected chi connectivity index (χ2v) is 8.96. The minimum Gasteiger partial charge on any atom is -0.208 e. The van der Waals surface area contributed by atoms with E-state index in [-0.39, 0.29) is 0 Å². The van der Waals surface area contributed by atoms with Crippen molar-refractivity contribution >= 4 is 32.3 Å². The van der Waals surface area contributed by atoms with Crippen LogP contribution in [0.5, 0.6) is 0 Å². The van der Waals surface area contributed by atoms with Gasteiger partial charge in [0, 0.05) is 16.7 Å². The summed E-state index contributed by atoms with van der Waals surface area (Å²) in [5.41, 5.74) is 2.91. The highest BCUT2D eigenvalue weighted by Gasteiger charge is 2.13. The van der Waals surface area contributed by atoms with E-state index in [1.165, 1.54) is 26.9 Å². The minimum absolute atomic E-state index is 0.668. The molecule has 6 aromatic carbocycles. The van der Waals surface area contributed by atoms with Gasteiger partial charge >= 0.3 is 0 Å². The third kappa shape index (κ3) is 3.58. The molecule has 168 valence electrons. The molecule has 1 aromatic heterocycles. The van der Waals surface area contributed by atoms with Crippen molar-refractivity contribution in [2.24, 2.45) is 0 Å². The number of hydrogen-bond acceptors (Lipinski definition) is 3. The average Bonchev–Trinajstić information content (AvgIpc) is 2.97. The smallest absolute Gasteiger partial charge is 0.164 e. The molecule has 36 heavy (non-hydrogen) atoms. The maximum atomic E-state index is 4.97. The van der Waals surface area contributed by atoms with Gasteiger partial charge in [-0.3, -0.25) is 0 Å². The number of nitrogens with zero attached hydrogens (tertiary/aromatic N) is 3. The number of rotatable bonds is 3. The van der Waals surface area contributed by atoms with E-state index in [1.807, 2.05) is 30.3 Å². The third-order valence-electron chi connectivity index (χ3n) is 6.68. The van der Waals surface area contributed by atoms with Crippen LogP contribution in [0.4, 0.5) is 0 Å². The van der Waals surface area contributed by atoms with Gasteiger partial charge in [-0.15, -0.1) is 0 Å². The molecule has 0 saturated heterocycles. The second kappa shape index (κ2) is 8.40. The van der Waals surface area contributed by atoms with Crippen LogP contribution < -0.4 is 0 Å². The van der Waals surface area contributed by atoms with Gasteiger partial charge in [0.1, 0.15) is 0 Å². The summed E-state index contributed by atoms with van der Waals surface area (Å²) in [6.07, 6.45) is 0. The van der Waals surface area contributed by atoms with Crippen LogP contribution in [0.15, 0.2) is 127 Å². The van der Waals surface area contributed by atoms with E-state index in [0.717, 1.165) is 22.1 Å². The minimum atomic E-state index is 0.668. The number of aromatic nitrogens is 3. The molecule has 7 rings (SSSR count). The van der Waals surface area contributed by atoms with Gasteiger partial charge < -0.3 is 0 Å². The van der Waals surface area contributed by atoms with Crippen molar-refractivity contribution in [2.45, 2.75) is 0 Å². The molecule has 0 aliphatic carbocycles. The Hall–Kier alpha value is -4.89. The molecule has 0 radical (unpaired) electrons. The van der Waals surface area contributed by atoms with Crippen LogP contribution in [-0.4, -0.2) is 15.0 Å². The van der Waals surface area contributed by atoms with Crippen LogP contribution in [0.2, 0.25) is 0 Å². The largest absolute Gasteiger partial charge is 0.208 e. The van der Waals surface area contributed by atoms with E-state index in [9.17, 15) is 0 Å². The van der Waals surface area contributed by atoms with Gasteiger partial charge in [0.2, 0.25) is 0 Å². The first-order chi connectivity index (χ1) is 17.8. The Morgan fingerprint density at radius 2 is 0.806 bits per heavy atom. The van der Waals surface area contributed by atoms with Crippen LogP contribution in [0.25, 0.3) is 66.5 Å². The van der Waals surface area contributed by atoms with Crippen LogP contribution in [0.3, 0.4) is 0 Å². The zero-order valence-corrected chi connectivity index (χ0v) is 19.5. The molecule has 3 nitrogen and oxygen atoms in total. The molecule has 0 atom stereocenters. The average molecular weight is 460 g/mol. The molecule has 3 heteroatoms. The quantitative estimate of drug-likeness (QED) is 0.249. The summed E-state index contributed by atoms with van der Waals surface area (Å²) in [4.78, 5) is 14.8. The topological polar surface area (TPSA) is 38.7 Å². The van der Waals surface area contributed by atoms with Crippen LogP contribution in [0, 0.1) is 0 Å². The molecule has 0 spiro atoms. The van der Waals surface area contributed by atoms with Crippen LogP contribution in [-0.2, 0) is 0 Å². The monoisotopic (exact) mass is 459 g/mol. The van der Waals surface area contributed by atoms with Gasteiger partial charge in [-0.25, -0.2) is 15.0 Å². The first kappa shape index (κ1) is 20.5. The van der Waals surface area contributed by atoms with Gasteiger partial charge in [-0.05, 0) is 44.5 Å². The fraction of sp³-hybridized carbons (Fsp3) is 0. The summed E-state index contributed by atoms with van der Waals surface area (Å²) in [6.45, 7) is 0. The Bertz CT molecular complexity index is 1890. The van der Waals surface area contributed by atoms with Crippen molar-refractivity contribution < 1.29 is 0 Å². The van der Waals surface area contributed by atoms with Gasteiger partial charge in [0.25, 0.3) is 0 Å². The molecule has 0 bridgehead atoms. The van der Waals surface area contributed by atoms with Crippen LogP contribution in [0.1, 0.15) is 0 Å². The van der Waals surface area contributed by atoms with Crippen molar-refractivity contribution in [3.8, 4) is 34.2 Å². The summed E-state index contributed by atoms with van der Waals surface area (Å²) in [5.74, 6) is 2.01. The molecule has 0 amide bonds. The van der Waals surface area contributed by atoms with E-state index in [4.69, 9.17) is 15.0 Å². The zero-order valence-electron chi connectivity index (χ0n) is 19.5. The molecule has 7 aromatic rings. The van der Waals surface area contributed by atoms with Gasteiger partial charge in [0.05, 0.1) is 0 Å². The first-order valence-electron chi connectivity index (χ1n) is 12.0. The highest BCUT2D eigenvalue weighted by atomic mass is 15.0. The fourth-order valence-corrected chi connectivity index (χ4v) is 4.82. The van der Waals surface area contributed by atoms with E-state index in [1.54, 1.807) is 0 Å². The molecule has 0 N–H and O–H groups in total. The predicted octanol–water partition coefficient (Wildman–Crippen LogP) is 8.33. The van der Waals surface area contributed by atoms with Crippen molar-refractivity contribution in [3.05, 3.63) is 127 Å². The van der Waals surface area contributed by atoms with E-state index in [2.05, 4.69) is 97.1 Å². The fourth-order valence-electron chi connectivity index (χ4n) is 4.82. The summed E-state index contributed by atoms with van der Waals surface area (Å²) in [6, 6.07) is 44.1. The lowest BCUT2D eigenvalue weighted by atomic mass is 10.00. The maximum absolute atomic E-state index is 4.97. The highest BCUT2D eigenvalue weighted by Crippen LogP contribution is 2.31.